The maximum absolute atomic E-state index is 11.8. The van der Waals surface area contributed by atoms with E-state index >= 15 is 0 Å². The second kappa shape index (κ2) is 9.90. The molecule has 0 spiro atoms. The molecule has 0 rings (SSSR count). The number of rotatable bonds is 8. The van der Waals surface area contributed by atoms with Crippen LogP contribution < -0.4 is 5.32 Å². The minimum atomic E-state index is -0.530. The number of nitriles is 1. The van der Waals surface area contributed by atoms with Crippen molar-refractivity contribution in [2.75, 3.05) is 38.7 Å². The SMILES string of the molecule is N#C/C(=C/NCCCl)C(=O)N(CCO)CCO. The largest absolute Gasteiger partial charge is 0.395 e. The van der Waals surface area contributed by atoms with E-state index in [2.05, 4.69) is 5.32 Å². The maximum atomic E-state index is 11.8. The summed E-state index contributed by atoms with van der Waals surface area (Å²) in [4.78, 5) is 13.0. The molecular formula is C10H16ClN3O3. The van der Waals surface area contributed by atoms with Gasteiger partial charge < -0.3 is 20.4 Å². The van der Waals surface area contributed by atoms with Gasteiger partial charge in [0, 0.05) is 31.7 Å². The zero-order valence-electron chi connectivity index (χ0n) is 9.40. The zero-order valence-corrected chi connectivity index (χ0v) is 10.2. The average molecular weight is 262 g/mol. The summed E-state index contributed by atoms with van der Waals surface area (Å²) in [5, 5.41) is 29.1. The zero-order chi connectivity index (χ0) is 13.1. The van der Waals surface area contributed by atoms with Gasteiger partial charge in [-0.25, -0.2) is 0 Å². The molecule has 0 aromatic carbocycles. The Morgan fingerprint density at radius 1 is 1.41 bits per heavy atom. The van der Waals surface area contributed by atoms with Crippen molar-refractivity contribution < 1.29 is 15.0 Å². The van der Waals surface area contributed by atoms with E-state index in [9.17, 15) is 4.79 Å². The van der Waals surface area contributed by atoms with Crippen LogP contribution in [-0.2, 0) is 4.79 Å². The molecule has 0 unspecified atom stereocenters. The van der Waals surface area contributed by atoms with Crippen LogP contribution in [0.5, 0.6) is 0 Å². The molecule has 0 fully saturated rings. The Morgan fingerprint density at radius 2 is 2.00 bits per heavy atom. The Kier molecular flexibility index (Phi) is 9.15. The fourth-order valence-electron chi connectivity index (χ4n) is 1.10. The normalized spacial score (nSPS) is 10.8. The Hall–Kier alpha value is -1.29. The van der Waals surface area contributed by atoms with E-state index in [1.807, 2.05) is 0 Å². The van der Waals surface area contributed by atoms with Crippen molar-refractivity contribution in [2.45, 2.75) is 0 Å². The van der Waals surface area contributed by atoms with Crippen molar-refractivity contribution in [3.63, 3.8) is 0 Å². The van der Waals surface area contributed by atoms with Crippen LogP contribution in [0.1, 0.15) is 0 Å². The van der Waals surface area contributed by atoms with Crippen LogP contribution in [0.25, 0.3) is 0 Å². The summed E-state index contributed by atoms with van der Waals surface area (Å²) in [7, 11) is 0. The highest BCUT2D eigenvalue weighted by Crippen LogP contribution is 2.00. The van der Waals surface area contributed by atoms with Gasteiger partial charge in [-0.2, -0.15) is 5.26 Å². The molecule has 0 atom stereocenters. The minimum Gasteiger partial charge on any atom is -0.395 e. The van der Waals surface area contributed by atoms with Gasteiger partial charge in [0.1, 0.15) is 11.6 Å². The lowest BCUT2D eigenvalue weighted by atomic mass is 10.2. The van der Waals surface area contributed by atoms with Gasteiger partial charge in [-0.05, 0) is 0 Å². The van der Waals surface area contributed by atoms with Crippen molar-refractivity contribution in [1.29, 1.82) is 5.26 Å². The lowest BCUT2D eigenvalue weighted by Gasteiger charge is -2.19. The minimum absolute atomic E-state index is 0.0773. The van der Waals surface area contributed by atoms with E-state index in [0.29, 0.717) is 12.4 Å². The summed E-state index contributed by atoms with van der Waals surface area (Å²) in [5.41, 5.74) is -0.0861. The number of hydrogen-bond donors (Lipinski definition) is 3. The third kappa shape index (κ3) is 6.12. The van der Waals surface area contributed by atoms with Crippen LogP contribution >= 0.6 is 11.6 Å². The molecule has 1 amide bonds. The van der Waals surface area contributed by atoms with Crippen LogP contribution in [-0.4, -0.2) is 59.7 Å². The van der Waals surface area contributed by atoms with Crippen molar-refractivity contribution in [3.8, 4) is 6.07 Å². The lowest BCUT2D eigenvalue weighted by Crippen LogP contribution is -2.37. The summed E-state index contributed by atoms with van der Waals surface area (Å²) >= 11 is 5.43. The van der Waals surface area contributed by atoms with Gasteiger partial charge in [0.25, 0.3) is 5.91 Å². The van der Waals surface area contributed by atoms with Crippen LogP contribution in [0.2, 0.25) is 0 Å². The quantitative estimate of drug-likeness (QED) is 0.226. The molecule has 0 heterocycles. The number of carbonyl (C=O) groups excluding carboxylic acids is 1. The second-order valence-electron chi connectivity index (χ2n) is 3.05. The van der Waals surface area contributed by atoms with E-state index in [1.165, 1.54) is 11.1 Å². The highest BCUT2D eigenvalue weighted by Gasteiger charge is 2.17. The molecule has 6 nitrogen and oxygen atoms in total. The molecule has 0 aliphatic rings. The smallest absolute Gasteiger partial charge is 0.266 e. The number of amides is 1. The predicted octanol–water partition coefficient (Wildman–Crippen LogP) is -0.965. The number of nitrogens with zero attached hydrogens (tertiary/aromatic N) is 2. The molecule has 7 heteroatoms. The Balaban J connectivity index is 4.58. The first kappa shape index (κ1) is 15.7. The van der Waals surface area contributed by atoms with Gasteiger partial charge >= 0.3 is 0 Å². The average Bonchev–Trinajstić information content (AvgIpc) is 2.34. The lowest BCUT2D eigenvalue weighted by molar-refractivity contribution is -0.127. The number of alkyl halides is 1. The number of nitrogens with one attached hydrogen (secondary N) is 1. The first-order chi connectivity index (χ1) is 8.21. The van der Waals surface area contributed by atoms with E-state index in [0.717, 1.165) is 0 Å². The molecule has 17 heavy (non-hydrogen) atoms. The van der Waals surface area contributed by atoms with E-state index in [1.54, 1.807) is 6.07 Å². The molecule has 0 saturated carbocycles. The maximum Gasteiger partial charge on any atom is 0.266 e. The fraction of sp³-hybridized carbons (Fsp3) is 0.600. The number of halogens is 1. The van der Waals surface area contributed by atoms with E-state index < -0.39 is 5.91 Å². The van der Waals surface area contributed by atoms with Crippen LogP contribution in [0.3, 0.4) is 0 Å². The molecule has 0 aliphatic heterocycles. The van der Waals surface area contributed by atoms with E-state index in [-0.39, 0.29) is 31.9 Å². The van der Waals surface area contributed by atoms with Gasteiger partial charge in [-0.3, -0.25) is 4.79 Å². The van der Waals surface area contributed by atoms with Gasteiger partial charge in [0.15, 0.2) is 0 Å². The molecule has 0 aliphatic carbocycles. The number of aliphatic hydroxyl groups is 2. The van der Waals surface area contributed by atoms with Crippen molar-refractivity contribution in [3.05, 3.63) is 11.8 Å². The number of carbonyl (C=O) groups is 1. The molecule has 0 aromatic rings. The van der Waals surface area contributed by atoms with Crippen LogP contribution in [0.15, 0.2) is 11.8 Å². The third-order valence-corrected chi connectivity index (χ3v) is 2.05. The molecule has 3 N–H and O–H groups in total. The Labute approximate surface area is 105 Å². The first-order valence-electron chi connectivity index (χ1n) is 5.11. The van der Waals surface area contributed by atoms with Crippen LogP contribution in [0.4, 0.5) is 0 Å². The second-order valence-corrected chi connectivity index (χ2v) is 3.43. The third-order valence-electron chi connectivity index (χ3n) is 1.86. The van der Waals surface area contributed by atoms with Gasteiger partial charge in [0.2, 0.25) is 0 Å². The number of aliphatic hydroxyl groups excluding tert-OH is 2. The van der Waals surface area contributed by atoms with E-state index in [4.69, 9.17) is 27.1 Å². The Morgan fingerprint density at radius 3 is 2.41 bits per heavy atom. The van der Waals surface area contributed by atoms with Crippen molar-refractivity contribution in [2.24, 2.45) is 0 Å². The van der Waals surface area contributed by atoms with Crippen molar-refractivity contribution >= 4 is 17.5 Å². The summed E-state index contributed by atoms with van der Waals surface area (Å²) in [6.45, 7) is 0.154. The standard InChI is InChI=1S/C10H16ClN3O3/c11-1-2-13-8-9(7-12)10(17)14(3-5-15)4-6-16/h8,13,15-16H,1-6H2/b9-8-. The summed E-state index contributed by atoms with van der Waals surface area (Å²) in [5.74, 6) is -0.168. The van der Waals surface area contributed by atoms with Gasteiger partial charge in [-0.1, -0.05) is 0 Å². The Bertz CT molecular complexity index is 296. The summed E-state index contributed by atoms with van der Waals surface area (Å²) < 4.78 is 0. The molecule has 0 bridgehead atoms. The van der Waals surface area contributed by atoms with Gasteiger partial charge in [0.05, 0.1) is 13.2 Å². The van der Waals surface area contributed by atoms with Crippen LogP contribution in [0, 0.1) is 11.3 Å². The molecule has 0 saturated heterocycles. The monoisotopic (exact) mass is 261 g/mol. The molecule has 96 valence electrons. The molecular weight excluding hydrogens is 246 g/mol. The number of hydrogen-bond acceptors (Lipinski definition) is 5. The van der Waals surface area contributed by atoms with Gasteiger partial charge in [-0.15, -0.1) is 11.6 Å². The summed E-state index contributed by atoms with van der Waals surface area (Å²) in [6, 6.07) is 1.76. The first-order valence-corrected chi connectivity index (χ1v) is 5.65. The molecule has 0 radical (unpaired) electrons. The summed E-state index contributed by atoms with van der Waals surface area (Å²) in [6.07, 6.45) is 1.28. The van der Waals surface area contributed by atoms with Crippen molar-refractivity contribution in [1.82, 2.24) is 10.2 Å². The predicted molar refractivity (Wildman–Crippen MR) is 63.2 cm³/mol. The molecule has 0 aromatic heterocycles. The fourth-order valence-corrected chi connectivity index (χ4v) is 1.21. The highest BCUT2D eigenvalue weighted by molar-refractivity contribution is 6.18. The topological polar surface area (TPSA) is 96.6 Å². The highest BCUT2D eigenvalue weighted by atomic mass is 35.5.